The molecule has 130 valence electrons. The van der Waals surface area contributed by atoms with Crippen LogP contribution in [0.2, 0.25) is 0 Å². The highest BCUT2D eigenvalue weighted by Gasteiger charge is 2.41. The van der Waals surface area contributed by atoms with Crippen molar-refractivity contribution in [1.82, 2.24) is 15.4 Å². The summed E-state index contributed by atoms with van der Waals surface area (Å²) in [6, 6.07) is 9.21. The summed E-state index contributed by atoms with van der Waals surface area (Å²) >= 11 is 0. The van der Waals surface area contributed by atoms with Crippen LogP contribution in [-0.4, -0.2) is 34.0 Å². The van der Waals surface area contributed by atoms with E-state index < -0.39 is 0 Å². The van der Waals surface area contributed by atoms with Crippen LogP contribution in [0.15, 0.2) is 34.9 Å². The van der Waals surface area contributed by atoms with Crippen molar-refractivity contribution in [1.29, 1.82) is 0 Å². The molecular weight excluding hydrogens is 318 g/mol. The number of benzene rings is 1. The van der Waals surface area contributed by atoms with Crippen molar-refractivity contribution in [2.24, 2.45) is 0 Å². The van der Waals surface area contributed by atoms with E-state index in [2.05, 4.69) is 10.5 Å². The van der Waals surface area contributed by atoms with Gasteiger partial charge in [0.15, 0.2) is 5.76 Å². The largest absolute Gasteiger partial charge is 0.360 e. The number of carbonyl (C=O) groups excluding carboxylic acids is 2. The van der Waals surface area contributed by atoms with Gasteiger partial charge in [-0.05, 0) is 44.7 Å². The number of fused-ring (bicyclic) bond motifs is 1. The summed E-state index contributed by atoms with van der Waals surface area (Å²) in [5.74, 6) is 0.495. The van der Waals surface area contributed by atoms with Crippen LogP contribution < -0.4 is 5.32 Å². The fourth-order valence-electron chi connectivity index (χ4n) is 3.87. The van der Waals surface area contributed by atoms with E-state index in [0.29, 0.717) is 17.7 Å². The monoisotopic (exact) mass is 339 g/mol. The number of carbonyl (C=O) groups is 2. The fraction of sp³-hybridized carbons (Fsp3) is 0.421. The Hall–Kier alpha value is -2.47. The second-order valence-corrected chi connectivity index (χ2v) is 6.86. The van der Waals surface area contributed by atoms with Gasteiger partial charge in [0.1, 0.15) is 0 Å². The fourth-order valence-corrected chi connectivity index (χ4v) is 3.87. The molecule has 0 spiro atoms. The van der Waals surface area contributed by atoms with Crippen molar-refractivity contribution in [2.45, 2.75) is 51.2 Å². The third-order valence-electron chi connectivity index (χ3n) is 5.08. The SMILES string of the molecule is Cc1cc(CN[C@H]2CCC[C@@H](N3C(=O)c4ccccc4C3=O)C2)on1. The van der Waals surface area contributed by atoms with Gasteiger partial charge in [-0.25, -0.2) is 0 Å². The predicted molar refractivity (Wildman–Crippen MR) is 91.1 cm³/mol. The number of nitrogens with zero attached hydrogens (tertiary/aromatic N) is 2. The van der Waals surface area contributed by atoms with Crippen LogP contribution in [-0.2, 0) is 6.54 Å². The average molecular weight is 339 g/mol. The van der Waals surface area contributed by atoms with E-state index in [1.807, 2.05) is 13.0 Å². The molecule has 1 aromatic heterocycles. The summed E-state index contributed by atoms with van der Waals surface area (Å²) in [5, 5.41) is 7.36. The Kier molecular flexibility index (Phi) is 4.13. The molecule has 2 atom stereocenters. The lowest BCUT2D eigenvalue weighted by atomic mass is 9.90. The number of amides is 2. The first-order chi connectivity index (χ1) is 12.1. The van der Waals surface area contributed by atoms with E-state index in [-0.39, 0.29) is 23.9 Å². The molecule has 1 N–H and O–H groups in total. The third-order valence-corrected chi connectivity index (χ3v) is 5.08. The van der Waals surface area contributed by atoms with Gasteiger partial charge in [0.2, 0.25) is 0 Å². The summed E-state index contributed by atoms with van der Waals surface area (Å²) in [5.41, 5.74) is 1.92. The zero-order valence-electron chi connectivity index (χ0n) is 14.2. The minimum absolute atomic E-state index is 0.0462. The molecule has 1 aliphatic carbocycles. The number of hydrogen-bond donors (Lipinski definition) is 1. The standard InChI is InChI=1S/C19H21N3O3/c1-12-9-15(25-21-12)11-20-13-5-4-6-14(10-13)22-18(23)16-7-2-3-8-17(16)19(22)24/h2-3,7-9,13-14,20H,4-6,10-11H2,1H3/t13-,14+/m0/s1. The molecular formula is C19H21N3O3. The van der Waals surface area contributed by atoms with Gasteiger partial charge < -0.3 is 9.84 Å². The van der Waals surface area contributed by atoms with Crippen LogP contribution in [0, 0.1) is 6.92 Å². The maximum absolute atomic E-state index is 12.7. The van der Waals surface area contributed by atoms with Crippen LogP contribution in [0.1, 0.15) is 57.9 Å². The Labute approximate surface area is 146 Å². The Bertz CT molecular complexity index is 779. The van der Waals surface area contributed by atoms with Crippen LogP contribution in [0.3, 0.4) is 0 Å². The minimum Gasteiger partial charge on any atom is -0.360 e. The van der Waals surface area contributed by atoms with Gasteiger partial charge >= 0.3 is 0 Å². The van der Waals surface area contributed by atoms with Crippen molar-refractivity contribution < 1.29 is 14.1 Å². The zero-order chi connectivity index (χ0) is 17.4. The highest BCUT2D eigenvalue weighted by molar-refractivity contribution is 6.21. The van der Waals surface area contributed by atoms with E-state index in [4.69, 9.17) is 4.52 Å². The van der Waals surface area contributed by atoms with Crippen LogP contribution in [0.25, 0.3) is 0 Å². The lowest BCUT2D eigenvalue weighted by molar-refractivity contribution is 0.0532. The maximum atomic E-state index is 12.7. The molecule has 0 unspecified atom stereocenters. The first-order valence-corrected chi connectivity index (χ1v) is 8.76. The van der Waals surface area contributed by atoms with E-state index >= 15 is 0 Å². The maximum Gasteiger partial charge on any atom is 0.261 e. The van der Waals surface area contributed by atoms with E-state index in [1.54, 1.807) is 24.3 Å². The normalized spacial score (nSPS) is 23.2. The Morgan fingerprint density at radius 2 is 1.92 bits per heavy atom. The van der Waals surface area contributed by atoms with Gasteiger partial charge in [0.25, 0.3) is 11.8 Å². The number of aromatic nitrogens is 1. The van der Waals surface area contributed by atoms with Crippen molar-refractivity contribution in [3.05, 3.63) is 52.9 Å². The molecule has 6 nitrogen and oxygen atoms in total. The molecule has 2 aliphatic rings. The quantitative estimate of drug-likeness (QED) is 0.867. The van der Waals surface area contributed by atoms with Crippen molar-refractivity contribution in [3.63, 3.8) is 0 Å². The van der Waals surface area contributed by atoms with Crippen LogP contribution in [0.5, 0.6) is 0 Å². The molecule has 1 aromatic carbocycles. The number of rotatable bonds is 4. The minimum atomic E-state index is -0.155. The zero-order valence-corrected chi connectivity index (χ0v) is 14.2. The molecule has 1 fully saturated rings. The Morgan fingerprint density at radius 3 is 2.56 bits per heavy atom. The number of imide groups is 1. The van der Waals surface area contributed by atoms with E-state index in [1.165, 1.54) is 4.90 Å². The smallest absolute Gasteiger partial charge is 0.261 e. The van der Waals surface area contributed by atoms with Gasteiger partial charge in [0, 0.05) is 18.2 Å². The molecule has 1 aliphatic heterocycles. The summed E-state index contributed by atoms with van der Waals surface area (Å²) < 4.78 is 5.23. The second kappa shape index (κ2) is 6.44. The molecule has 0 bridgehead atoms. The van der Waals surface area contributed by atoms with Crippen LogP contribution in [0.4, 0.5) is 0 Å². The van der Waals surface area contributed by atoms with Gasteiger partial charge in [-0.2, -0.15) is 0 Å². The Balaban J connectivity index is 1.43. The molecule has 6 heteroatoms. The van der Waals surface area contributed by atoms with E-state index in [9.17, 15) is 9.59 Å². The van der Waals surface area contributed by atoms with E-state index in [0.717, 1.165) is 37.1 Å². The summed E-state index contributed by atoms with van der Waals surface area (Å²) in [4.78, 5) is 26.8. The van der Waals surface area contributed by atoms with Crippen molar-refractivity contribution >= 4 is 11.8 Å². The van der Waals surface area contributed by atoms with Gasteiger partial charge in [-0.1, -0.05) is 17.3 Å². The summed E-state index contributed by atoms with van der Waals surface area (Å²) in [6.07, 6.45) is 3.67. The molecule has 25 heavy (non-hydrogen) atoms. The van der Waals surface area contributed by atoms with Crippen molar-refractivity contribution in [3.8, 4) is 0 Å². The first-order valence-electron chi connectivity index (χ1n) is 8.76. The van der Waals surface area contributed by atoms with Gasteiger partial charge in [0.05, 0.1) is 23.4 Å². The van der Waals surface area contributed by atoms with Gasteiger partial charge in [-0.3, -0.25) is 14.5 Å². The molecule has 2 heterocycles. The lowest BCUT2D eigenvalue weighted by Crippen LogP contribution is -2.46. The Morgan fingerprint density at radius 1 is 1.20 bits per heavy atom. The molecule has 0 saturated heterocycles. The third kappa shape index (κ3) is 2.98. The molecule has 2 aromatic rings. The van der Waals surface area contributed by atoms with Crippen LogP contribution >= 0.6 is 0 Å². The molecule has 4 rings (SSSR count). The molecule has 0 radical (unpaired) electrons. The summed E-state index contributed by atoms with van der Waals surface area (Å²) in [6.45, 7) is 2.51. The lowest BCUT2D eigenvalue weighted by Gasteiger charge is -2.34. The second-order valence-electron chi connectivity index (χ2n) is 6.86. The topological polar surface area (TPSA) is 75.4 Å². The average Bonchev–Trinajstić information content (AvgIpc) is 3.15. The summed E-state index contributed by atoms with van der Waals surface area (Å²) in [7, 11) is 0. The number of aryl methyl sites for hydroxylation is 1. The van der Waals surface area contributed by atoms with Gasteiger partial charge in [-0.15, -0.1) is 0 Å². The highest BCUT2D eigenvalue weighted by atomic mass is 16.5. The number of hydrogen-bond acceptors (Lipinski definition) is 5. The first kappa shape index (κ1) is 16.0. The number of nitrogens with one attached hydrogen (secondary N) is 1. The molecule has 2 amide bonds. The highest BCUT2D eigenvalue weighted by Crippen LogP contribution is 2.31. The predicted octanol–water partition coefficient (Wildman–Crippen LogP) is 2.68. The molecule has 1 saturated carbocycles. The van der Waals surface area contributed by atoms with Crippen molar-refractivity contribution in [2.75, 3.05) is 0 Å².